The first-order chi connectivity index (χ1) is 6.36. The molecule has 0 aliphatic rings. The molecular weight excluding hydrogens is 162 g/mol. The molecule has 66 valence electrons. The van der Waals surface area contributed by atoms with E-state index in [4.69, 9.17) is 5.26 Å². The zero-order valence-corrected chi connectivity index (χ0v) is 7.49. The molecule has 0 saturated carbocycles. The number of nitriles is 1. The highest BCUT2D eigenvalue weighted by atomic mass is 14.8. The molecule has 0 aliphatic heterocycles. The van der Waals surface area contributed by atoms with E-state index in [9.17, 15) is 0 Å². The fourth-order valence-corrected chi connectivity index (χ4v) is 0.923. The van der Waals surface area contributed by atoms with Gasteiger partial charge in [0, 0.05) is 18.9 Å². The number of likely N-dealkylation sites (N-methyl/N-ethyl adjacent to an activating group) is 1. The highest BCUT2D eigenvalue weighted by Crippen LogP contribution is 2.02. The Bertz CT molecular complexity index is 336. The van der Waals surface area contributed by atoms with E-state index in [1.165, 1.54) is 0 Å². The Hall–Kier alpha value is -1.66. The van der Waals surface area contributed by atoms with E-state index in [1.807, 2.05) is 25.3 Å². The number of pyridine rings is 1. The lowest BCUT2D eigenvalue weighted by molar-refractivity contribution is 0.922. The van der Waals surface area contributed by atoms with Gasteiger partial charge in [0.2, 0.25) is 0 Å². The van der Waals surface area contributed by atoms with Crippen LogP contribution in [0.1, 0.15) is 11.1 Å². The van der Waals surface area contributed by atoms with E-state index in [-0.39, 0.29) is 0 Å². The van der Waals surface area contributed by atoms with Crippen molar-refractivity contribution >= 4 is 6.08 Å². The summed E-state index contributed by atoms with van der Waals surface area (Å²) >= 11 is 0. The fraction of sp³-hybridized carbons (Fsp3) is 0.200. The Morgan fingerprint density at radius 3 is 3.15 bits per heavy atom. The average molecular weight is 173 g/mol. The van der Waals surface area contributed by atoms with Crippen LogP contribution in [-0.2, 0) is 0 Å². The maximum atomic E-state index is 8.61. The molecule has 1 aromatic heterocycles. The topological polar surface area (TPSA) is 48.7 Å². The van der Waals surface area contributed by atoms with E-state index >= 15 is 0 Å². The van der Waals surface area contributed by atoms with Crippen molar-refractivity contribution < 1.29 is 0 Å². The summed E-state index contributed by atoms with van der Waals surface area (Å²) in [6.45, 7) is 0.816. The minimum absolute atomic E-state index is 0.589. The van der Waals surface area contributed by atoms with Crippen LogP contribution in [0.2, 0.25) is 0 Å². The number of nitrogens with zero attached hydrogens (tertiary/aromatic N) is 2. The van der Waals surface area contributed by atoms with Crippen molar-refractivity contribution in [2.45, 2.75) is 0 Å². The fourth-order valence-electron chi connectivity index (χ4n) is 0.923. The molecule has 0 amide bonds. The SMILES string of the molecule is CNCC=Cc1cncc(C#N)c1. The highest BCUT2D eigenvalue weighted by Gasteiger charge is 1.90. The molecule has 1 N–H and O–H groups in total. The first-order valence-electron chi connectivity index (χ1n) is 4.03. The molecule has 13 heavy (non-hydrogen) atoms. The summed E-state index contributed by atoms with van der Waals surface area (Å²) in [7, 11) is 1.88. The van der Waals surface area contributed by atoms with Crippen molar-refractivity contribution in [2.75, 3.05) is 13.6 Å². The van der Waals surface area contributed by atoms with Crippen LogP contribution in [-0.4, -0.2) is 18.6 Å². The lowest BCUT2D eigenvalue weighted by atomic mass is 10.2. The maximum absolute atomic E-state index is 8.61. The minimum Gasteiger partial charge on any atom is -0.316 e. The van der Waals surface area contributed by atoms with E-state index < -0.39 is 0 Å². The standard InChI is InChI=1S/C10H11N3/c1-12-4-2-3-9-5-10(6-11)8-13-7-9/h2-3,5,7-8,12H,4H2,1H3. The molecule has 0 unspecified atom stereocenters. The van der Waals surface area contributed by atoms with Crippen LogP contribution >= 0.6 is 0 Å². The van der Waals surface area contributed by atoms with Crippen LogP contribution in [0.3, 0.4) is 0 Å². The predicted molar refractivity (Wildman–Crippen MR) is 51.9 cm³/mol. The molecule has 1 heterocycles. The second-order valence-corrected chi connectivity index (χ2v) is 2.58. The van der Waals surface area contributed by atoms with Crippen LogP contribution in [0.4, 0.5) is 0 Å². The molecule has 3 nitrogen and oxygen atoms in total. The normalized spacial score (nSPS) is 10.2. The minimum atomic E-state index is 0.589. The van der Waals surface area contributed by atoms with Gasteiger partial charge in [-0.1, -0.05) is 12.2 Å². The van der Waals surface area contributed by atoms with Crippen LogP contribution < -0.4 is 5.32 Å². The monoisotopic (exact) mass is 173 g/mol. The van der Waals surface area contributed by atoms with E-state index in [2.05, 4.69) is 10.3 Å². The second kappa shape index (κ2) is 5.07. The van der Waals surface area contributed by atoms with Gasteiger partial charge >= 0.3 is 0 Å². The van der Waals surface area contributed by atoms with Crippen LogP contribution in [0.25, 0.3) is 6.08 Å². The zero-order chi connectivity index (χ0) is 9.52. The van der Waals surface area contributed by atoms with Crippen LogP contribution in [0.5, 0.6) is 0 Å². The molecule has 0 fully saturated rings. The number of nitrogens with one attached hydrogen (secondary N) is 1. The molecule has 0 spiro atoms. The molecule has 1 rings (SSSR count). The number of aromatic nitrogens is 1. The maximum Gasteiger partial charge on any atom is 0.101 e. The van der Waals surface area contributed by atoms with Crippen molar-refractivity contribution in [3.05, 3.63) is 35.7 Å². The summed E-state index contributed by atoms with van der Waals surface area (Å²) in [5, 5.41) is 11.6. The molecular formula is C10H11N3. The van der Waals surface area contributed by atoms with Gasteiger partial charge in [-0.15, -0.1) is 0 Å². The van der Waals surface area contributed by atoms with Crippen molar-refractivity contribution in [3.8, 4) is 6.07 Å². The Kier molecular flexibility index (Phi) is 3.68. The van der Waals surface area contributed by atoms with Gasteiger partial charge in [0.25, 0.3) is 0 Å². The van der Waals surface area contributed by atoms with Gasteiger partial charge in [-0.05, 0) is 18.7 Å². The van der Waals surface area contributed by atoms with E-state index in [0.29, 0.717) is 5.56 Å². The number of hydrogen-bond acceptors (Lipinski definition) is 3. The number of rotatable bonds is 3. The van der Waals surface area contributed by atoms with Crippen molar-refractivity contribution in [1.82, 2.24) is 10.3 Å². The summed E-state index contributed by atoms with van der Waals surface area (Å²) in [6.07, 6.45) is 7.20. The van der Waals surface area contributed by atoms with Gasteiger partial charge in [0.1, 0.15) is 6.07 Å². The molecule has 3 heteroatoms. The Morgan fingerprint density at radius 2 is 2.46 bits per heavy atom. The third kappa shape index (κ3) is 3.06. The molecule has 0 aliphatic carbocycles. The van der Waals surface area contributed by atoms with Gasteiger partial charge < -0.3 is 5.32 Å². The quantitative estimate of drug-likeness (QED) is 0.746. The first kappa shape index (κ1) is 9.43. The largest absolute Gasteiger partial charge is 0.316 e. The summed E-state index contributed by atoms with van der Waals surface area (Å²) in [4.78, 5) is 3.94. The summed E-state index contributed by atoms with van der Waals surface area (Å²) in [5.41, 5.74) is 1.54. The van der Waals surface area contributed by atoms with Crippen molar-refractivity contribution in [3.63, 3.8) is 0 Å². The Balaban J connectivity index is 2.73. The molecule has 1 aromatic rings. The van der Waals surface area contributed by atoms with Crippen molar-refractivity contribution in [2.24, 2.45) is 0 Å². The molecule has 0 saturated heterocycles. The van der Waals surface area contributed by atoms with E-state index in [1.54, 1.807) is 18.5 Å². The zero-order valence-electron chi connectivity index (χ0n) is 7.49. The third-order valence-electron chi connectivity index (χ3n) is 1.52. The van der Waals surface area contributed by atoms with Gasteiger partial charge in [0.05, 0.1) is 5.56 Å². The second-order valence-electron chi connectivity index (χ2n) is 2.58. The van der Waals surface area contributed by atoms with Gasteiger partial charge in [0.15, 0.2) is 0 Å². The van der Waals surface area contributed by atoms with Gasteiger partial charge in [-0.25, -0.2) is 0 Å². The van der Waals surface area contributed by atoms with Crippen LogP contribution in [0, 0.1) is 11.3 Å². The number of hydrogen-bond donors (Lipinski definition) is 1. The molecule has 0 radical (unpaired) electrons. The smallest absolute Gasteiger partial charge is 0.101 e. The van der Waals surface area contributed by atoms with Gasteiger partial charge in [-0.3, -0.25) is 4.98 Å². The third-order valence-corrected chi connectivity index (χ3v) is 1.52. The summed E-state index contributed by atoms with van der Waals surface area (Å²) in [5.74, 6) is 0. The predicted octanol–water partition coefficient (Wildman–Crippen LogP) is 1.19. The lowest BCUT2D eigenvalue weighted by Gasteiger charge is -1.93. The summed E-state index contributed by atoms with van der Waals surface area (Å²) in [6, 6.07) is 3.85. The summed E-state index contributed by atoms with van der Waals surface area (Å²) < 4.78 is 0. The average Bonchev–Trinajstić information content (AvgIpc) is 2.19. The Morgan fingerprint density at radius 1 is 1.62 bits per heavy atom. The van der Waals surface area contributed by atoms with E-state index in [0.717, 1.165) is 12.1 Å². The van der Waals surface area contributed by atoms with Gasteiger partial charge in [-0.2, -0.15) is 5.26 Å². The molecule has 0 bridgehead atoms. The molecule has 0 atom stereocenters. The van der Waals surface area contributed by atoms with Crippen molar-refractivity contribution in [1.29, 1.82) is 5.26 Å². The van der Waals surface area contributed by atoms with Crippen LogP contribution in [0.15, 0.2) is 24.5 Å². The lowest BCUT2D eigenvalue weighted by Crippen LogP contribution is -2.03. The highest BCUT2D eigenvalue weighted by molar-refractivity contribution is 5.50. The first-order valence-corrected chi connectivity index (χ1v) is 4.03. The molecule has 0 aromatic carbocycles. The Labute approximate surface area is 77.7 Å².